The van der Waals surface area contributed by atoms with Crippen molar-refractivity contribution in [2.24, 2.45) is 0 Å². The summed E-state index contributed by atoms with van der Waals surface area (Å²) in [4.78, 5) is 11.5. The summed E-state index contributed by atoms with van der Waals surface area (Å²) in [7, 11) is 0. The minimum absolute atomic E-state index is 0.144. The zero-order valence-corrected chi connectivity index (χ0v) is 12.8. The molecule has 0 aromatic heterocycles. The number of phenols is 1. The van der Waals surface area contributed by atoms with E-state index in [2.05, 4.69) is 6.92 Å². The molecular weight excluding hydrogens is 264 g/mol. The fourth-order valence-corrected chi connectivity index (χ4v) is 1.73. The molecule has 1 N–H and O–H groups in total. The van der Waals surface area contributed by atoms with Gasteiger partial charge in [0.2, 0.25) is 0 Å². The third-order valence-electron chi connectivity index (χ3n) is 2.90. The number of hydrogen-bond acceptors (Lipinski definition) is 3. The lowest BCUT2D eigenvalue weighted by Gasteiger charge is -2.07. The Hall–Kier alpha value is -2.03. The van der Waals surface area contributed by atoms with Crippen LogP contribution >= 0.6 is 0 Å². The molecule has 0 amide bonds. The summed E-state index contributed by atoms with van der Waals surface area (Å²) in [5.74, 6) is 0.784. The standard InChI is InChI=1S/C18H24O3/c1-3-5-9-16(19)10-7-6-8-15-11-12-17(20)18(14-15)21-13-4-2/h6-8,10-12,14,20H,3-5,9,13H2,1-2H3. The van der Waals surface area contributed by atoms with Crippen LogP contribution in [0.2, 0.25) is 0 Å². The van der Waals surface area contributed by atoms with Crippen LogP contribution in [0.25, 0.3) is 6.08 Å². The summed E-state index contributed by atoms with van der Waals surface area (Å²) in [6, 6.07) is 5.20. The maximum Gasteiger partial charge on any atom is 0.161 e. The molecule has 0 atom stereocenters. The van der Waals surface area contributed by atoms with Crippen molar-refractivity contribution in [2.45, 2.75) is 39.5 Å². The summed E-state index contributed by atoms with van der Waals surface area (Å²) in [6.45, 7) is 4.66. The Morgan fingerprint density at radius 1 is 1.24 bits per heavy atom. The van der Waals surface area contributed by atoms with Crippen LogP contribution in [0.4, 0.5) is 0 Å². The Balaban J connectivity index is 2.59. The van der Waals surface area contributed by atoms with Crippen LogP contribution in [-0.2, 0) is 4.79 Å². The van der Waals surface area contributed by atoms with E-state index in [0.717, 1.165) is 24.8 Å². The Labute approximate surface area is 127 Å². The lowest BCUT2D eigenvalue weighted by molar-refractivity contribution is -0.114. The van der Waals surface area contributed by atoms with Gasteiger partial charge in [0.15, 0.2) is 17.3 Å². The third-order valence-corrected chi connectivity index (χ3v) is 2.90. The number of phenolic OH excluding ortho intramolecular Hbond substituents is 1. The maximum absolute atomic E-state index is 11.5. The quantitative estimate of drug-likeness (QED) is 0.537. The molecule has 0 bridgehead atoms. The number of unbranched alkanes of at least 4 members (excludes halogenated alkanes) is 1. The fraction of sp³-hybridized carbons (Fsp3) is 0.389. The van der Waals surface area contributed by atoms with E-state index >= 15 is 0 Å². The maximum atomic E-state index is 11.5. The van der Waals surface area contributed by atoms with E-state index in [1.54, 1.807) is 30.4 Å². The summed E-state index contributed by atoms with van der Waals surface area (Å²) < 4.78 is 5.46. The van der Waals surface area contributed by atoms with Gasteiger partial charge in [-0.25, -0.2) is 0 Å². The SMILES string of the molecule is CCCCC(=O)C=CC=Cc1ccc(O)c(OCCC)c1. The minimum Gasteiger partial charge on any atom is -0.504 e. The molecule has 3 nitrogen and oxygen atoms in total. The molecule has 0 aliphatic rings. The monoisotopic (exact) mass is 288 g/mol. The predicted molar refractivity (Wildman–Crippen MR) is 86.6 cm³/mol. The van der Waals surface area contributed by atoms with Gasteiger partial charge in [-0.15, -0.1) is 0 Å². The van der Waals surface area contributed by atoms with Gasteiger partial charge >= 0.3 is 0 Å². The number of ether oxygens (including phenoxy) is 1. The van der Waals surface area contributed by atoms with Crippen molar-refractivity contribution in [1.29, 1.82) is 0 Å². The van der Waals surface area contributed by atoms with Gasteiger partial charge in [-0.05, 0) is 36.6 Å². The zero-order valence-electron chi connectivity index (χ0n) is 12.8. The van der Waals surface area contributed by atoms with Crippen LogP contribution in [0.1, 0.15) is 45.1 Å². The van der Waals surface area contributed by atoms with Crippen molar-refractivity contribution in [3.8, 4) is 11.5 Å². The van der Waals surface area contributed by atoms with E-state index in [0.29, 0.717) is 18.8 Å². The number of hydrogen-bond donors (Lipinski definition) is 1. The number of ketones is 1. The molecule has 1 aromatic rings. The van der Waals surface area contributed by atoms with Crippen LogP contribution < -0.4 is 4.74 Å². The highest BCUT2D eigenvalue weighted by Gasteiger charge is 2.01. The number of aromatic hydroxyl groups is 1. The summed E-state index contributed by atoms with van der Waals surface area (Å²) in [6.07, 6.45) is 10.5. The van der Waals surface area contributed by atoms with Crippen LogP contribution in [-0.4, -0.2) is 17.5 Å². The second-order valence-corrected chi connectivity index (χ2v) is 4.86. The van der Waals surface area contributed by atoms with E-state index in [-0.39, 0.29) is 11.5 Å². The third kappa shape index (κ3) is 6.80. The van der Waals surface area contributed by atoms with Gasteiger partial charge in [0.25, 0.3) is 0 Å². The first-order valence-corrected chi connectivity index (χ1v) is 7.50. The smallest absolute Gasteiger partial charge is 0.161 e. The van der Waals surface area contributed by atoms with Gasteiger partial charge < -0.3 is 9.84 Å². The highest BCUT2D eigenvalue weighted by atomic mass is 16.5. The van der Waals surface area contributed by atoms with E-state index in [1.807, 2.05) is 19.1 Å². The van der Waals surface area contributed by atoms with Crippen molar-refractivity contribution >= 4 is 11.9 Å². The summed E-state index contributed by atoms with van der Waals surface area (Å²) >= 11 is 0. The first-order chi connectivity index (χ1) is 10.2. The second kappa shape index (κ2) is 9.81. The molecule has 0 aliphatic heterocycles. The summed E-state index contributed by atoms with van der Waals surface area (Å²) in [5.41, 5.74) is 0.921. The molecule has 0 aliphatic carbocycles. The number of carbonyl (C=O) groups excluding carboxylic acids is 1. The molecule has 0 saturated carbocycles. The molecule has 0 heterocycles. The molecule has 3 heteroatoms. The molecule has 0 spiro atoms. The van der Waals surface area contributed by atoms with E-state index in [4.69, 9.17) is 4.74 Å². The molecule has 0 radical (unpaired) electrons. The van der Waals surface area contributed by atoms with Crippen molar-refractivity contribution in [3.05, 3.63) is 42.0 Å². The molecular formula is C18H24O3. The molecule has 1 rings (SSSR count). The molecule has 0 fully saturated rings. The highest BCUT2D eigenvalue weighted by Crippen LogP contribution is 2.27. The molecule has 0 saturated heterocycles. The van der Waals surface area contributed by atoms with E-state index in [9.17, 15) is 9.90 Å². The van der Waals surface area contributed by atoms with Gasteiger partial charge in [0, 0.05) is 6.42 Å². The Kier molecular flexibility index (Phi) is 7.95. The Morgan fingerprint density at radius 3 is 2.76 bits per heavy atom. The molecule has 1 aromatic carbocycles. The average Bonchev–Trinajstić information content (AvgIpc) is 2.49. The van der Waals surface area contributed by atoms with E-state index in [1.165, 1.54) is 0 Å². The normalized spacial score (nSPS) is 11.3. The van der Waals surface area contributed by atoms with Gasteiger partial charge in [-0.2, -0.15) is 0 Å². The summed E-state index contributed by atoms with van der Waals surface area (Å²) in [5, 5.41) is 9.68. The van der Waals surface area contributed by atoms with Gasteiger partial charge in [0.05, 0.1) is 6.61 Å². The highest BCUT2D eigenvalue weighted by molar-refractivity contribution is 5.89. The number of rotatable bonds is 9. The zero-order chi connectivity index (χ0) is 15.5. The van der Waals surface area contributed by atoms with Gasteiger partial charge in [-0.3, -0.25) is 4.79 Å². The van der Waals surface area contributed by atoms with Crippen molar-refractivity contribution in [2.75, 3.05) is 6.61 Å². The first kappa shape index (κ1) is 17.0. The van der Waals surface area contributed by atoms with Crippen molar-refractivity contribution in [1.82, 2.24) is 0 Å². The number of allylic oxidation sites excluding steroid dienone is 3. The molecule has 21 heavy (non-hydrogen) atoms. The first-order valence-electron chi connectivity index (χ1n) is 7.50. The lowest BCUT2D eigenvalue weighted by atomic mass is 10.1. The minimum atomic E-state index is 0.144. The molecule has 114 valence electrons. The number of benzene rings is 1. The van der Waals surface area contributed by atoms with Crippen molar-refractivity contribution in [3.63, 3.8) is 0 Å². The second-order valence-electron chi connectivity index (χ2n) is 4.86. The lowest BCUT2D eigenvalue weighted by Crippen LogP contribution is -1.95. The van der Waals surface area contributed by atoms with Crippen LogP contribution in [0.15, 0.2) is 36.4 Å². The van der Waals surface area contributed by atoms with Crippen LogP contribution in [0.3, 0.4) is 0 Å². The number of carbonyl (C=O) groups is 1. The van der Waals surface area contributed by atoms with Gasteiger partial charge in [-0.1, -0.05) is 44.6 Å². The average molecular weight is 288 g/mol. The topological polar surface area (TPSA) is 46.5 Å². The van der Waals surface area contributed by atoms with Gasteiger partial charge in [0.1, 0.15) is 0 Å². The predicted octanol–water partition coefficient (Wildman–Crippen LogP) is 4.51. The molecule has 0 unspecified atom stereocenters. The van der Waals surface area contributed by atoms with Crippen LogP contribution in [0.5, 0.6) is 11.5 Å². The van der Waals surface area contributed by atoms with Crippen LogP contribution in [0, 0.1) is 0 Å². The Bertz CT molecular complexity index is 501. The largest absolute Gasteiger partial charge is 0.504 e. The fourth-order valence-electron chi connectivity index (χ4n) is 1.73. The Morgan fingerprint density at radius 2 is 2.05 bits per heavy atom. The van der Waals surface area contributed by atoms with E-state index < -0.39 is 0 Å². The van der Waals surface area contributed by atoms with Crippen molar-refractivity contribution < 1.29 is 14.6 Å².